The Kier molecular flexibility index (Phi) is 8.07. The number of nitrogens with zero attached hydrogens (tertiary/aromatic N) is 4. The van der Waals surface area contributed by atoms with Crippen LogP contribution in [-0.4, -0.2) is 33.9 Å². The molecule has 39 heavy (non-hydrogen) atoms. The molecule has 4 aromatic rings. The highest BCUT2D eigenvalue weighted by Gasteiger charge is 2.30. The lowest BCUT2D eigenvalue weighted by Gasteiger charge is -2.34. The average Bonchev–Trinajstić information content (AvgIpc) is 2.94. The molecule has 3 heterocycles. The minimum atomic E-state index is -0.845. The van der Waals surface area contributed by atoms with Crippen LogP contribution in [0.4, 0.5) is 8.78 Å². The Bertz CT molecular complexity index is 1520. The maximum Gasteiger partial charge on any atom is 0.261 e. The van der Waals surface area contributed by atoms with E-state index in [2.05, 4.69) is 10.1 Å². The fraction of sp³-hybridized carbons (Fsp3) is 0.333. The minimum absolute atomic E-state index is 0.116. The number of piperidine rings is 1. The van der Waals surface area contributed by atoms with Crippen molar-refractivity contribution in [2.45, 2.75) is 38.8 Å². The fourth-order valence-electron chi connectivity index (χ4n) is 5.32. The second-order valence-corrected chi connectivity index (χ2v) is 9.97. The number of benzene rings is 2. The summed E-state index contributed by atoms with van der Waals surface area (Å²) < 4.78 is 35.1. The van der Waals surface area contributed by atoms with Crippen LogP contribution in [0, 0.1) is 29.4 Å². The lowest BCUT2D eigenvalue weighted by Crippen LogP contribution is -2.37. The number of pyridine rings is 1. The van der Waals surface area contributed by atoms with Crippen molar-refractivity contribution >= 4 is 5.65 Å². The van der Waals surface area contributed by atoms with Gasteiger partial charge in [-0.1, -0.05) is 41.6 Å². The lowest BCUT2D eigenvalue weighted by atomic mass is 9.85. The fourth-order valence-corrected chi connectivity index (χ4v) is 5.32. The number of nitroso groups, excluding NO2 is 1. The first-order valence-electron chi connectivity index (χ1n) is 13.1. The Morgan fingerprint density at radius 2 is 1.85 bits per heavy atom. The van der Waals surface area contributed by atoms with Gasteiger partial charge in [-0.15, -0.1) is 0 Å². The molecule has 0 aliphatic carbocycles. The topological polar surface area (TPSA) is 76.3 Å². The van der Waals surface area contributed by atoms with Gasteiger partial charge in [-0.3, -0.25) is 9.20 Å². The lowest BCUT2D eigenvalue weighted by molar-refractivity contribution is 0.169. The van der Waals surface area contributed by atoms with E-state index in [1.165, 1.54) is 10.5 Å². The normalized spacial score (nSPS) is 15.4. The number of aryl methyl sites for hydroxylation is 1. The molecule has 0 radical (unpaired) electrons. The Balaban J connectivity index is 1.24. The Labute approximate surface area is 225 Å². The highest BCUT2D eigenvalue weighted by molar-refractivity contribution is 5.54. The van der Waals surface area contributed by atoms with E-state index in [1.807, 2.05) is 43.3 Å². The first-order valence-corrected chi connectivity index (χ1v) is 13.1. The Hall–Kier alpha value is -3.98. The van der Waals surface area contributed by atoms with Crippen LogP contribution in [0.3, 0.4) is 0 Å². The van der Waals surface area contributed by atoms with E-state index in [9.17, 15) is 18.5 Å². The van der Waals surface area contributed by atoms with Crippen LogP contribution in [0.1, 0.15) is 41.3 Å². The molecule has 1 saturated heterocycles. The van der Waals surface area contributed by atoms with Crippen molar-refractivity contribution < 1.29 is 13.5 Å². The van der Waals surface area contributed by atoms with Crippen molar-refractivity contribution in [1.29, 1.82) is 0 Å². The summed E-state index contributed by atoms with van der Waals surface area (Å²) in [6.07, 6.45) is 3.55. The molecule has 2 aromatic heterocycles. The molecular formula is C30H30F2N4O3. The molecule has 0 bridgehead atoms. The number of fused-ring (bicyclic) bond motifs is 1. The number of ether oxygens (including phenoxy) is 1. The molecule has 5 rings (SSSR count). The quantitative estimate of drug-likeness (QED) is 0.262. The van der Waals surface area contributed by atoms with Crippen LogP contribution < -0.4 is 10.3 Å². The molecule has 2 aromatic carbocycles. The molecule has 9 heteroatoms. The van der Waals surface area contributed by atoms with Gasteiger partial charge in [0.1, 0.15) is 24.3 Å². The highest BCUT2D eigenvalue weighted by Crippen LogP contribution is 2.35. The van der Waals surface area contributed by atoms with Gasteiger partial charge in [0, 0.05) is 35.6 Å². The van der Waals surface area contributed by atoms with Crippen molar-refractivity contribution in [3.05, 3.63) is 116 Å². The van der Waals surface area contributed by atoms with E-state index < -0.39 is 17.7 Å². The van der Waals surface area contributed by atoms with Gasteiger partial charge < -0.3 is 9.64 Å². The van der Waals surface area contributed by atoms with Crippen molar-refractivity contribution in [1.82, 2.24) is 14.3 Å². The average molecular weight is 533 g/mol. The number of hydrogen-bond acceptors (Lipinski definition) is 6. The predicted octanol–water partition coefficient (Wildman–Crippen LogP) is 5.62. The standard InChI is InChI=1S/C30H30F2N4O3/c1-20-24(30(37)36-14-5-8-27(29(36)33-20)39-19-21-6-3-2-4-7-21)13-17-35-15-11-22(12-16-35)28(34-38)25-10-9-23(31)18-26(25)32/h2-10,14,18,22,28H,11-13,15-17,19H2,1H3. The molecule has 202 valence electrons. The van der Waals surface area contributed by atoms with Crippen LogP contribution in [0.2, 0.25) is 0 Å². The first kappa shape index (κ1) is 26.6. The van der Waals surface area contributed by atoms with Gasteiger partial charge in [-0.05, 0) is 69.0 Å². The van der Waals surface area contributed by atoms with E-state index >= 15 is 0 Å². The van der Waals surface area contributed by atoms with Crippen LogP contribution in [-0.2, 0) is 13.0 Å². The van der Waals surface area contributed by atoms with Crippen LogP contribution >= 0.6 is 0 Å². The second-order valence-electron chi connectivity index (χ2n) is 9.97. The summed E-state index contributed by atoms with van der Waals surface area (Å²) in [7, 11) is 0. The molecule has 1 aliphatic rings. The third-order valence-corrected chi connectivity index (χ3v) is 7.51. The van der Waals surface area contributed by atoms with E-state index in [1.54, 1.807) is 12.3 Å². The SMILES string of the molecule is Cc1nc2c(OCc3ccccc3)cccn2c(=O)c1CCN1CCC(C(N=O)c2ccc(F)cc2F)CC1. The second kappa shape index (κ2) is 11.8. The van der Waals surface area contributed by atoms with Crippen LogP contribution in [0.25, 0.3) is 5.65 Å². The molecule has 1 unspecified atom stereocenters. The monoisotopic (exact) mass is 532 g/mol. The van der Waals surface area contributed by atoms with Gasteiger partial charge >= 0.3 is 0 Å². The van der Waals surface area contributed by atoms with E-state index in [4.69, 9.17) is 9.72 Å². The van der Waals surface area contributed by atoms with Gasteiger partial charge in [0.05, 0.1) is 0 Å². The number of halogens is 2. The van der Waals surface area contributed by atoms with E-state index in [0.717, 1.165) is 17.7 Å². The van der Waals surface area contributed by atoms with E-state index in [-0.39, 0.29) is 17.0 Å². The summed E-state index contributed by atoms with van der Waals surface area (Å²) in [5, 5.41) is 3.19. The molecule has 0 N–H and O–H groups in total. The zero-order valence-electron chi connectivity index (χ0n) is 21.7. The number of likely N-dealkylation sites (tertiary alicyclic amines) is 1. The molecule has 1 aliphatic heterocycles. The van der Waals surface area contributed by atoms with E-state index in [0.29, 0.717) is 68.2 Å². The maximum absolute atomic E-state index is 14.3. The molecule has 7 nitrogen and oxygen atoms in total. The van der Waals surface area contributed by atoms with Crippen molar-refractivity contribution in [2.75, 3.05) is 19.6 Å². The van der Waals surface area contributed by atoms with Crippen LogP contribution in [0.15, 0.2) is 76.8 Å². The van der Waals surface area contributed by atoms with Crippen molar-refractivity contribution in [3.63, 3.8) is 0 Å². The molecule has 0 saturated carbocycles. The number of aromatic nitrogens is 2. The number of hydrogen-bond donors (Lipinski definition) is 0. The van der Waals surface area contributed by atoms with Gasteiger partial charge in [0.15, 0.2) is 11.4 Å². The molecule has 1 atom stereocenters. The largest absolute Gasteiger partial charge is 0.485 e. The smallest absolute Gasteiger partial charge is 0.261 e. The molecule has 0 spiro atoms. The summed E-state index contributed by atoms with van der Waals surface area (Å²) in [4.78, 5) is 31.9. The van der Waals surface area contributed by atoms with Crippen molar-refractivity contribution in [2.24, 2.45) is 11.1 Å². The van der Waals surface area contributed by atoms with Gasteiger partial charge in [-0.25, -0.2) is 13.8 Å². The Morgan fingerprint density at radius 3 is 2.56 bits per heavy atom. The van der Waals surface area contributed by atoms with Gasteiger partial charge in [0.25, 0.3) is 5.56 Å². The summed E-state index contributed by atoms with van der Waals surface area (Å²) in [5.74, 6) is -0.995. The third kappa shape index (κ3) is 5.88. The summed E-state index contributed by atoms with van der Waals surface area (Å²) in [5.41, 5.74) is 2.86. The zero-order valence-corrected chi connectivity index (χ0v) is 21.7. The summed E-state index contributed by atoms with van der Waals surface area (Å²) >= 11 is 0. The summed E-state index contributed by atoms with van der Waals surface area (Å²) in [6, 6.07) is 15.8. The van der Waals surface area contributed by atoms with Gasteiger partial charge in [0.2, 0.25) is 0 Å². The molecule has 1 fully saturated rings. The number of rotatable bonds is 9. The third-order valence-electron chi connectivity index (χ3n) is 7.51. The van der Waals surface area contributed by atoms with Gasteiger partial charge in [-0.2, -0.15) is 4.91 Å². The predicted molar refractivity (Wildman–Crippen MR) is 145 cm³/mol. The Morgan fingerprint density at radius 1 is 1.08 bits per heavy atom. The maximum atomic E-state index is 14.3. The first-order chi connectivity index (χ1) is 18.9. The molecular weight excluding hydrogens is 502 g/mol. The highest BCUT2D eigenvalue weighted by atomic mass is 19.1. The summed E-state index contributed by atoms with van der Waals surface area (Å²) in [6.45, 7) is 4.26. The van der Waals surface area contributed by atoms with Crippen LogP contribution in [0.5, 0.6) is 5.75 Å². The molecule has 0 amide bonds. The minimum Gasteiger partial charge on any atom is -0.485 e. The van der Waals surface area contributed by atoms with Crippen molar-refractivity contribution in [3.8, 4) is 5.75 Å². The zero-order chi connectivity index (χ0) is 27.4.